The lowest BCUT2D eigenvalue weighted by molar-refractivity contribution is -0.140. The number of hydrogen-bond acceptors (Lipinski definition) is 4. The Morgan fingerprint density at radius 3 is 2.41 bits per heavy atom. The highest BCUT2D eigenvalue weighted by Gasteiger charge is 2.47. The smallest absolute Gasteiger partial charge is 0.233 e. The summed E-state index contributed by atoms with van der Waals surface area (Å²) in [6.07, 6.45) is 3.77. The number of nitrogens with zero attached hydrogens (tertiary/aromatic N) is 2. The SMILES string of the molecule is COc1ccc(C)cc1CN(C)C(=O)CCN1C(=O)C2CCCCC2C1=O. The first-order chi connectivity index (χ1) is 12.9. The van der Waals surface area contributed by atoms with E-state index in [1.165, 1.54) is 4.90 Å². The van der Waals surface area contributed by atoms with Crippen LogP contribution >= 0.6 is 0 Å². The van der Waals surface area contributed by atoms with E-state index in [4.69, 9.17) is 4.74 Å². The van der Waals surface area contributed by atoms with Crippen molar-refractivity contribution >= 4 is 17.7 Å². The van der Waals surface area contributed by atoms with E-state index in [1.807, 2.05) is 25.1 Å². The number of fused-ring (bicyclic) bond motifs is 1. The molecule has 1 aromatic carbocycles. The van der Waals surface area contributed by atoms with Crippen molar-refractivity contribution in [1.29, 1.82) is 0 Å². The number of methoxy groups -OCH3 is 1. The van der Waals surface area contributed by atoms with E-state index in [-0.39, 0.29) is 42.5 Å². The molecule has 0 spiro atoms. The molecular formula is C21H28N2O4. The summed E-state index contributed by atoms with van der Waals surface area (Å²) in [5, 5.41) is 0. The molecule has 27 heavy (non-hydrogen) atoms. The number of imide groups is 1. The fourth-order valence-corrected chi connectivity index (χ4v) is 4.22. The van der Waals surface area contributed by atoms with Crippen LogP contribution in [0.25, 0.3) is 0 Å². The van der Waals surface area contributed by atoms with Crippen molar-refractivity contribution < 1.29 is 19.1 Å². The molecule has 2 unspecified atom stereocenters. The van der Waals surface area contributed by atoms with Crippen LogP contribution in [-0.4, -0.2) is 48.2 Å². The van der Waals surface area contributed by atoms with E-state index in [9.17, 15) is 14.4 Å². The van der Waals surface area contributed by atoms with Crippen LogP contribution in [0.2, 0.25) is 0 Å². The third kappa shape index (κ3) is 3.99. The number of ether oxygens (including phenoxy) is 1. The zero-order chi connectivity index (χ0) is 19.6. The van der Waals surface area contributed by atoms with Gasteiger partial charge in [-0.15, -0.1) is 0 Å². The van der Waals surface area contributed by atoms with Crippen LogP contribution in [0.3, 0.4) is 0 Å². The second-order valence-corrected chi connectivity index (χ2v) is 7.64. The first-order valence-corrected chi connectivity index (χ1v) is 9.65. The van der Waals surface area contributed by atoms with Gasteiger partial charge in [-0.05, 0) is 25.8 Å². The fourth-order valence-electron chi connectivity index (χ4n) is 4.22. The lowest BCUT2D eigenvalue weighted by Crippen LogP contribution is -2.36. The number of benzene rings is 1. The highest BCUT2D eigenvalue weighted by Crippen LogP contribution is 2.38. The third-order valence-electron chi connectivity index (χ3n) is 5.75. The van der Waals surface area contributed by atoms with Gasteiger partial charge in [-0.2, -0.15) is 0 Å². The van der Waals surface area contributed by atoms with Gasteiger partial charge in [0.2, 0.25) is 17.7 Å². The Morgan fingerprint density at radius 1 is 1.19 bits per heavy atom. The van der Waals surface area contributed by atoms with Crippen molar-refractivity contribution in [2.24, 2.45) is 11.8 Å². The molecule has 2 atom stereocenters. The molecule has 1 heterocycles. The topological polar surface area (TPSA) is 66.9 Å². The van der Waals surface area contributed by atoms with Crippen LogP contribution in [0, 0.1) is 18.8 Å². The minimum absolute atomic E-state index is 0.0829. The Labute approximate surface area is 160 Å². The minimum atomic E-state index is -0.157. The number of carbonyl (C=O) groups excluding carboxylic acids is 3. The van der Waals surface area contributed by atoms with Crippen molar-refractivity contribution in [3.05, 3.63) is 29.3 Å². The van der Waals surface area contributed by atoms with Crippen LogP contribution in [0.4, 0.5) is 0 Å². The normalized spacial score (nSPS) is 22.0. The Balaban J connectivity index is 1.58. The van der Waals surface area contributed by atoms with Crippen molar-refractivity contribution in [1.82, 2.24) is 9.80 Å². The second kappa shape index (κ2) is 8.11. The quantitative estimate of drug-likeness (QED) is 0.720. The summed E-state index contributed by atoms with van der Waals surface area (Å²) in [4.78, 5) is 40.5. The predicted molar refractivity (Wildman–Crippen MR) is 101 cm³/mol. The molecule has 3 amide bonds. The van der Waals surface area contributed by atoms with Gasteiger partial charge < -0.3 is 9.64 Å². The summed E-state index contributed by atoms with van der Waals surface area (Å²) >= 11 is 0. The van der Waals surface area contributed by atoms with E-state index in [0.717, 1.165) is 42.6 Å². The average Bonchev–Trinajstić information content (AvgIpc) is 2.91. The predicted octanol–water partition coefficient (Wildman–Crippen LogP) is 2.53. The first-order valence-electron chi connectivity index (χ1n) is 9.65. The van der Waals surface area contributed by atoms with Gasteiger partial charge in [0.05, 0.1) is 18.9 Å². The summed E-state index contributed by atoms with van der Waals surface area (Å²) in [5.41, 5.74) is 2.04. The molecule has 3 rings (SSSR count). The summed E-state index contributed by atoms with van der Waals surface area (Å²) in [6.45, 7) is 2.60. The maximum absolute atomic E-state index is 12.6. The first kappa shape index (κ1) is 19.4. The van der Waals surface area contributed by atoms with E-state index in [1.54, 1.807) is 19.1 Å². The van der Waals surface area contributed by atoms with E-state index in [2.05, 4.69) is 0 Å². The summed E-state index contributed by atoms with van der Waals surface area (Å²) in [7, 11) is 3.34. The third-order valence-corrected chi connectivity index (χ3v) is 5.75. The Bertz CT molecular complexity index is 722. The average molecular weight is 372 g/mol. The number of aryl methyl sites for hydroxylation is 1. The molecule has 1 aliphatic heterocycles. The maximum Gasteiger partial charge on any atom is 0.233 e. The van der Waals surface area contributed by atoms with E-state index in [0.29, 0.717) is 6.54 Å². The Morgan fingerprint density at radius 2 is 1.81 bits per heavy atom. The largest absolute Gasteiger partial charge is 0.496 e. The molecule has 6 heteroatoms. The Kier molecular flexibility index (Phi) is 5.82. The van der Waals surface area contributed by atoms with Gasteiger partial charge in [0.25, 0.3) is 0 Å². The standard InChI is InChI=1S/C21H28N2O4/c1-14-8-9-18(27-3)15(12-14)13-22(2)19(24)10-11-23-20(25)16-6-4-5-7-17(16)21(23)26/h8-9,12,16-17H,4-7,10-11,13H2,1-3H3. The zero-order valence-electron chi connectivity index (χ0n) is 16.4. The van der Waals surface area contributed by atoms with Crippen molar-refractivity contribution in [2.45, 2.75) is 45.6 Å². The minimum Gasteiger partial charge on any atom is -0.496 e. The molecule has 1 saturated carbocycles. The van der Waals surface area contributed by atoms with Gasteiger partial charge in [-0.3, -0.25) is 19.3 Å². The fraction of sp³-hybridized carbons (Fsp3) is 0.571. The van der Waals surface area contributed by atoms with Crippen LogP contribution in [-0.2, 0) is 20.9 Å². The monoisotopic (exact) mass is 372 g/mol. The zero-order valence-corrected chi connectivity index (χ0v) is 16.4. The number of amides is 3. The molecule has 2 fully saturated rings. The number of likely N-dealkylation sites (tertiary alicyclic amines) is 1. The van der Waals surface area contributed by atoms with Gasteiger partial charge in [0.15, 0.2) is 0 Å². The van der Waals surface area contributed by atoms with Gasteiger partial charge in [-0.25, -0.2) is 0 Å². The van der Waals surface area contributed by atoms with Gasteiger partial charge in [-0.1, -0.05) is 30.5 Å². The lowest BCUT2D eigenvalue weighted by Gasteiger charge is -2.21. The molecule has 1 aromatic rings. The number of hydrogen-bond donors (Lipinski definition) is 0. The summed E-state index contributed by atoms with van der Waals surface area (Å²) in [6, 6.07) is 5.86. The molecule has 0 N–H and O–H groups in total. The molecule has 2 aliphatic rings. The molecule has 0 aromatic heterocycles. The highest BCUT2D eigenvalue weighted by atomic mass is 16.5. The van der Waals surface area contributed by atoms with Gasteiger partial charge >= 0.3 is 0 Å². The summed E-state index contributed by atoms with van der Waals surface area (Å²) < 4.78 is 5.37. The Hall–Kier alpha value is -2.37. The number of rotatable bonds is 6. The van der Waals surface area contributed by atoms with Crippen LogP contribution in [0.1, 0.15) is 43.2 Å². The summed E-state index contributed by atoms with van der Waals surface area (Å²) in [5.74, 6) is 0.176. The van der Waals surface area contributed by atoms with Crippen LogP contribution in [0.15, 0.2) is 18.2 Å². The molecule has 146 valence electrons. The molecule has 0 radical (unpaired) electrons. The van der Waals surface area contributed by atoms with Crippen LogP contribution in [0.5, 0.6) is 5.75 Å². The van der Waals surface area contributed by atoms with Gasteiger partial charge in [0, 0.05) is 32.1 Å². The maximum atomic E-state index is 12.6. The lowest BCUT2D eigenvalue weighted by atomic mass is 9.81. The number of carbonyl (C=O) groups is 3. The van der Waals surface area contributed by atoms with Crippen molar-refractivity contribution in [3.63, 3.8) is 0 Å². The molecule has 1 saturated heterocycles. The van der Waals surface area contributed by atoms with E-state index < -0.39 is 0 Å². The molecule has 0 bridgehead atoms. The van der Waals surface area contributed by atoms with Crippen LogP contribution < -0.4 is 4.74 Å². The van der Waals surface area contributed by atoms with E-state index >= 15 is 0 Å². The van der Waals surface area contributed by atoms with Crippen molar-refractivity contribution in [2.75, 3.05) is 20.7 Å². The molecular weight excluding hydrogens is 344 g/mol. The second-order valence-electron chi connectivity index (χ2n) is 7.64. The highest BCUT2D eigenvalue weighted by molar-refractivity contribution is 6.05. The van der Waals surface area contributed by atoms with Gasteiger partial charge in [0.1, 0.15) is 5.75 Å². The van der Waals surface area contributed by atoms with Crippen molar-refractivity contribution in [3.8, 4) is 5.75 Å². The molecule has 1 aliphatic carbocycles. The molecule has 6 nitrogen and oxygen atoms in total.